The highest BCUT2D eigenvalue weighted by Gasteiger charge is 2.30. The van der Waals surface area contributed by atoms with Gasteiger partial charge in [-0.3, -0.25) is 0 Å². The lowest BCUT2D eigenvalue weighted by atomic mass is 9.87. The number of nitrogens with zero attached hydrogens (tertiary/aromatic N) is 2. The summed E-state index contributed by atoms with van der Waals surface area (Å²) >= 11 is 0. The van der Waals surface area contributed by atoms with Crippen molar-refractivity contribution in [1.82, 2.24) is 5.16 Å². The van der Waals surface area contributed by atoms with Gasteiger partial charge in [0, 0.05) is 12.5 Å². The van der Waals surface area contributed by atoms with E-state index in [0.717, 1.165) is 41.2 Å². The molecule has 5 nitrogen and oxygen atoms in total. The molecule has 28 heavy (non-hydrogen) atoms. The molecule has 0 radical (unpaired) electrons. The van der Waals surface area contributed by atoms with Gasteiger partial charge in [0.1, 0.15) is 17.2 Å². The molecule has 6 heteroatoms. The molecule has 0 aliphatic rings. The lowest BCUT2D eigenvalue weighted by Gasteiger charge is -2.30. The zero-order valence-electron chi connectivity index (χ0n) is 18.1. The maximum absolute atomic E-state index is 9.04. The molecule has 152 valence electrons. The molecule has 1 aromatic heterocycles. The molecular weight excluding hydrogens is 368 g/mol. The van der Waals surface area contributed by atoms with Crippen molar-refractivity contribution in [2.75, 3.05) is 6.61 Å². The van der Waals surface area contributed by atoms with Gasteiger partial charge in [0.25, 0.3) is 0 Å². The highest BCUT2D eigenvalue weighted by molar-refractivity contribution is 6.48. The molecule has 2 aromatic rings. The molecule has 2 rings (SSSR count). The third kappa shape index (κ3) is 5.95. The Kier molecular flexibility index (Phi) is 7.45. The summed E-state index contributed by atoms with van der Waals surface area (Å²) in [5.74, 6) is 1.72. The summed E-state index contributed by atoms with van der Waals surface area (Å²) in [7, 11) is -1.19. The van der Waals surface area contributed by atoms with Crippen molar-refractivity contribution in [3.05, 3.63) is 46.3 Å². The molecule has 0 amide bonds. The lowest BCUT2D eigenvalue weighted by molar-refractivity contribution is 0.0794. The van der Waals surface area contributed by atoms with E-state index >= 15 is 0 Å². The van der Waals surface area contributed by atoms with Crippen LogP contribution in [0.5, 0.6) is 5.75 Å². The van der Waals surface area contributed by atoms with Gasteiger partial charge >= 0.3 is 0 Å². The van der Waals surface area contributed by atoms with Crippen molar-refractivity contribution >= 4 is 9.04 Å². The van der Waals surface area contributed by atoms with Crippen LogP contribution in [0.25, 0.3) is 0 Å². The summed E-state index contributed by atoms with van der Waals surface area (Å²) < 4.78 is 17.7. The van der Waals surface area contributed by atoms with E-state index in [1.807, 2.05) is 32.0 Å². The van der Waals surface area contributed by atoms with E-state index in [4.69, 9.17) is 18.9 Å². The molecule has 0 aliphatic carbocycles. The van der Waals surface area contributed by atoms with E-state index in [0.29, 0.717) is 12.2 Å². The molecule has 0 aliphatic heterocycles. The minimum Gasteiger partial charge on any atom is -0.493 e. The van der Waals surface area contributed by atoms with Gasteiger partial charge in [-0.25, -0.2) is 0 Å². The van der Waals surface area contributed by atoms with Crippen molar-refractivity contribution in [3.8, 4) is 11.8 Å². The molecule has 1 aromatic carbocycles. The number of rotatable bonds is 8. The number of hydrogen-bond acceptors (Lipinski definition) is 5. The minimum absolute atomic E-state index is 0.0286. The van der Waals surface area contributed by atoms with Crippen LogP contribution < -0.4 is 4.74 Å². The van der Waals surface area contributed by atoms with E-state index in [2.05, 4.69) is 45.1 Å². The van der Waals surface area contributed by atoms with Crippen LogP contribution >= 0.6 is 0 Å². The lowest BCUT2D eigenvalue weighted by Crippen LogP contribution is -2.26. The molecule has 0 fully saturated rings. The Hall–Kier alpha value is -2.10. The normalized spacial score (nSPS) is 12.8. The predicted octanol–water partition coefficient (Wildman–Crippen LogP) is 5.26. The van der Waals surface area contributed by atoms with Crippen LogP contribution in [-0.2, 0) is 10.8 Å². The fourth-order valence-corrected chi connectivity index (χ4v) is 4.32. The Labute approximate surface area is 170 Å². The highest BCUT2D eigenvalue weighted by Crippen LogP contribution is 2.36. The van der Waals surface area contributed by atoms with Gasteiger partial charge in [-0.1, -0.05) is 25.9 Å². The average molecular weight is 401 g/mol. The summed E-state index contributed by atoms with van der Waals surface area (Å²) in [6.07, 6.45) is 1.54. The SMILES string of the molecule is Cc1cc(C#N)cc(C)c1OCCCc1cc(C(O[SiH](C)C)C(C)(C)C)no1. The number of nitriles is 1. The third-order valence-electron chi connectivity index (χ3n) is 4.44. The van der Waals surface area contributed by atoms with Crippen LogP contribution in [0.4, 0.5) is 0 Å². The van der Waals surface area contributed by atoms with Gasteiger partial charge in [0.2, 0.25) is 0 Å². The quantitative estimate of drug-likeness (QED) is 0.446. The van der Waals surface area contributed by atoms with Crippen LogP contribution in [0.1, 0.15) is 61.4 Å². The molecule has 0 saturated carbocycles. The Bertz CT molecular complexity index is 808. The maximum Gasteiger partial charge on any atom is 0.171 e. The summed E-state index contributed by atoms with van der Waals surface area (Å²) in [5.41, 5.74) is 3.49. The van der Waals surface area contributed by atoms with E-state index in [1.165, 1.54) is 0 Å². The zero-order chi connectivity index (χ0) is 20.9. The topological polar surface area (TPSA) is 68.3 Å². The number of ether oxygens (including phenoxy) is 1. The van der Waals surface area contributed by atoms with Crippen molar-refractivity contribution in [1.29, 1.82) is 5.26 Å². The Morgan fingerprint density at radius 2 is 1.82 bits per heavy atom. The number of aromatic nitrogens is 1. The minimum atomic E-state index is -1.19. The molecule has 0 bridgehead atoms. The van der Waals surface area contributed by atoms with Crippen molar-refractivity contribution in [2.24, 2.45) is 5.41 Å². The van der Waals surface area contributed by atoms with E-state index in [9.17, 15) is 0 Å². The molecular formula is C22H32N2O3Si. The van der Waals surface area contributed by atoms with E-state index in [-0.39, 0.29) is 11.5 Å². The summed E-state index contributed by atoms with van der Waals surface area (Å²) in [5, 5.41) is 13.3. The maximum atomic E-state index is 9.04. The Morgan fingerprint density at radius 1 is 1.18 bits per heavy atom. The van der Waals surface area contributed by atoms with Crippen molar-refractivity contribution < 1.29 is 13.7 Å². The van der Waals surface area contributed by atoms with Crippen molar-refractivity contribution in [3.63, 3.8) is 0 Å². The summed E-state index contributed by atoms with van der Waals surface area (Å²) in [4.78, 5) is 0. The highest BCUT2D eigenvalue weighted by atomic mass is 28.3. The number of hydrogen-bond donors (Lipinski definition) is 0. The van der Waals surface area contributed by atoms with Crippen LogP contribution in [-0.4, -0.2) is 20.8 Å². The molecule has 1 unspecified atom stereocenters. The van der Waals surface area contributed by atoms with Gasteiger partial charge in [0.05, 0.1) is 24.3 Å². The van der Waals surface area contributed by atoms with Gasteiger partial charge in [-0.2, -0.15) is 5.26 Å². The third-order valence-corrected chi connectivity index (χ3v) is 5.26. The van der Waals surface area contributed by atoms with Crippen LogP contribution in [0.15, 0.2) is 22.7 Å². The average Bonchev–Trinajstić information content (AvgIpc) is 3.05. The van der Waals surface area contributed by atoms with Gasteiger partial charge in [-0.05, 0) is 62.0 Å². The zero-order valence-corrected chi connectivity index (χ0v) is 19.3. The second-order valence-electron chi connectivity index (χ2n) is 8.65. The first-order chi connectivity index (χ1) is 13.1. The smallest absolute Gasteiger partial charge is 0.171 e. The second kappa shape index (κ2) is 9.40. The van der Waals surface area contributed by atoms with Crippen LogP contribution in [0.2, 0.25) is 13.1 Å². The monoisotopic (exact) mass is 400 g/mol. The second-order valence-corrected chi connectivity index (χ2v) is 11.0. The molecule has 0 saturated heterocycles. The summed E-state index contributed by atoms with van der Waals surface area (Å²) in [6, 6.07) is 7.91. The Morgan fingerprint density at radius 3 is 2.36 bits per heavy atom. The first-order valence-corrected chi connectivity index (χ1v) is 12.6. The van der Waals surface area contributed by atoms with Gasteiger partial charge in [0.15, 0.2) is 9.04 Å². The standard InChI is InChI=1S/C22H32N2O3Si/c1-15-11-17(14-23)12-16(2)20(15)25-10-8-9-18-13-19(24-26-18)21(22(3,4)5)27-28(6)7/h11-13,21,28H,8-10H2,1-7H3. The van der Waals surface area contributed by atoms with Crippen molar-refractivity contribution in [2.45, 2.75) is 66.7 Å². The number of benzene rings is 1. The first kappa shape index (κ1) is 22.2. The summed E-state index contributed by atoms with van der Waals surface area (Å²) in [6.45, 7) is 15.4. The number of aryl methyl sites for hydroxylation is 3. The van der Waals surface area contributed by atoms with Gasteiger partial charge in [-0.15, -0.1) is 0 Å². The molecule has 1 heterocycles. The largest absolute Gasteiger partial charge is 0.493 e. The van der Waals surface area contributed by atoms with E-state index in [1.54, 1.807) is 0 Å². The van der Waals surface area contributed by atoms with E-state index < -0.39 is 9.04 Å². The Balaban J connectivity index is 1.94. The van der Waals surface area contributed by atoms with Gasteiger partial charge < -0.3 is 13.7 Å². The molecule has 0 N–H and O–H groups in total. The fraction of sp³-hybridized carbons (Fsp3) is 0.545. The molecule has 1 atom stereocenters. The molecule has 0 spiro atoms. The fourth-order valence-electron chi connectivity index (χ4n) is 3.22. The van der Waals surface area contributed by atoms with Crippen LogP contribution in [0, 0.1) is 30.6 Å². The van der Waals surface area contributed by atoms with Crippen LogP contribution in [0.3, 0.4) is 0 Å². The first-order valence-electron chi connectivity index (χ1n) is 9.87. The predicted molar refractivity (Wildman–Crippen MR) is 113 cm³/mol.